The van der Waals surface area contributed by atoms with Gasteiger partial charge in [-0.05, 0) is 68.2 Å². The molecule has 156 valence electrons. The molecule has 1 aromatic heterocycles. The molecule has 1 heterocycles. The van der Waals surface area contributed by atoms with Gasteiger partial charge in [0.05, 0.1) is 18.3 Å². The number of hydrogen-bond donors (Lipinski definition) is 2. The second kappa shape index (κ2) is 8.34. The lowest BCUT2D eigenvalue weighted by molar-refractivity contribution is 0.261. The van der Waals surface area contributed by atoms with Crippen molar-refractivity contribution < 1.29 is 4.74 Å². The average molecular weight is 423 g/mol. The fourth-order valence-electron chi connectivity index (χ4n) is 4.20. The van der Waals surface area contributed by atoms with Crippen molar-refractivity contribution in [1.82, 2.24) is 9.97 Å². The van der Waals surface area contributed by atoms with Crippen LogP contribution in [0.3, 0.4) is 0 Å². The molecule has 1 aliphatic carbocycles. The van der Waals surface area contributed by atoms with Gasteiger partial charge in [-0.2, -0.15) is 0 Å². The Labute approximate surface area is 182 Å². The standard InChI is InChI=1S/C24H27ClN4O/c1-24(27)12-11-18(20(26)14-24)23-19-13-17(30-2)8-9-21(19)28-22(29-23)10-5-15-3-6-16(25)7-4-15/h3-10,13,18,20H,11-12,14,26-27H2,1-2H3/b10-5-. The normalized spacial score (nSPS) is 24.4. The van der Waals surface area contributed by atoms with Gasteiger partial charge in [0.2, 0.25) is 0 Å². The number of ether oxygens (including phenoxy) is 1. The van der Waals surface area contributed by atoms with Crippen molar-refractivity contribution in [3.05, 3.63) is 64.6 Å². The number of methoxy groups -OCH3 is 1. The number of hydrogen-bond acceptors (Lipinski definition) is 5. The molecule has 6 heteroatoms. The van der Waals surface area contributed by atoms with E-state index in [1.165, 1.54) is 0 Å². The summed E-state index contributed by atoms with van der Waals surface area (Å²) in [7, 11) is 1.66. The lowest BCUT2D eigenvalue weighted by Gasteiger charge is -2.38. The maximum atomic E-state index is 6.58. The van der Waals surface area contributed by atoms with Gasteiger partial charge in [0.1, 0.15) is 5.75 Å². The van der Waals surface area contributed by atoms with E-state index in [0.29, 0.717) is 10.8 Å². The number of rotatable bonds is 4. The van der Waals surface area contributed by atoms with Crippen LogP contribution in [-0.2, 0) is 0 Å². The summed E-state index contributed by atoms with van der Waals surface area (Å²) in [6, 6.07) is 13.5. The van der Waals surface area contributed by atoms with E-state index in [-0.39, 0.29) is 17.5 Å². The average Bonchev–Trinajstić information content (AvgIpc) is 2.72. The van der Waals surface area contributed by atoms with E-state index in [4.69, 9.17) is 37.8 Å². The molecule has 3 unspecified atom stereocenters. The topological polar surface area (TPSA) is 87.0 Å². The molecule has 1 aliphatic rings. The number of halogens is 1. The largest absolute Gasteiger partial charge is 0.497 e. The highest BCUT2D eigenvalue weighted by Gasteiger charge is 2.35. The molecule has 0 bridgehead atoms. The van der Waals surface area contributed by atoms with Crippen molar-refractivity contribution in [3.8, 4) is 5.75 Å². The van der Waals surface area contributed by atoms with Crippen LogP contribution in [0.5, 0.6) is 5.75 Å². The van der Waals surface area contributed by atoms with Crippen molar-refractivity contribution in [2.75, 3.05) is 7.11 Å². The maximum absolute atomic E-state index is 6.58. The lowest BCUT2D eigenvalue weighted by Crippen LogP contribution is -2.49. The van der Waals surface area contributed by atoms with E-state index in [9.17, 15) is 0 Å². The van der Waals surface area contributed by atoms with Crippen molar-refractivity contribution in [3.63, 3.8) is 0 Å². The number of aromatic nitrogens is 2. The van der Waals surface area contributed by atoms with Gasteiger partial charge in [-0.15, -0.1) is 0 Å². The number of fused-ring (bicyclic) bond motifs is 1. The second-order valence-electron chi connectivity index (χ2n) is 8.40. The molecular weight excluding hydrogens is 396 g/mol. The summed E-state index contributed by atoms with van der Waals surface area (Å²) >= 11 is 5.98. The Kier molecular flexibility index (Phi) is 5.78. The van der Waals surface area contributed by atoms with Crippen LogP contribution in [0.25, 0.3) is 23.1 Å². The molecule has 1 fully saturated rings. The smallest absolute Gasteiger partial charge is 0.152 e. The lowest BCUT2D eigenvalue weighted by atomic mass is 9.73. The monoisotopic (exact) mass is 422 g/mol. The highest BCUT2D eigenvalue weighted by atomic mass is 35.5. The Morgan fingerprint density at radius 1 is 1.13 bits per heavy atom. The molecule has 0 amide bonds. The number of nitrogens with two attached hydrogens (primary N) is 2. The third-order valence-corrected chi connectivity index (χ3v) is 6.09. The summed E-state index contributed by atoms with van der Waals surface area (Å²) in [5, 5.41) is 1.70. The van der Waals surface area contributed by atoms with E-state index >= 15 is 0 Å². The predicted octanol–water partition coefficient (Wildman–Crippen LogP) is 4.77. The zero-order valence-electron chi connectivity index (χ0n) is 17.3. The first kappa shape index (κ1) is 20.8. The number of nitrogens with zero attached hydrogens (tertiary/aromatic N) is 2. The fraction of sp³-hybridized carbons (Fsp3) is 0.333. The highest BCUT2D eigenvalue weighted by molar-refractivity contribution is 6.30. The van der Waals surface area contributed by atoms with Gasteiger partial charge in [0.15, 0.2) is 5.82 Å². The Balaban J connectivity index is 1.77. The Bertz CT molecular complexity index is 1080. The fourth-order valence-corrected chi connectivity index (χ4v) is 4.33. The molecule has 0 aliphatic heterocycles. The summed E-state index contributed by atoms with van der Waals surface area (Å²) in [6.07, 6.45) is 6.50. The van der Waals surface area contributed by atoms with Crippen LogP contribution in [0, 0.1) is 0 Å². The maximum Gasteiger partial charge on any atom is 0.152 e. The van der Waals surface area contributed by atoms with Crippen LogP contribution >= 0.6 is 11.6 Å². The number of benzene rings is 2. The third kappa shape index (κ3) is 4.48. The summed E-state index contributed by atoms with van der Waals surface area (Å²) < 4.78 is 5.44. The molecule has 3 atom stereocenters. The van der Waals surface area contributed by atoms with Crippen LogP contribution in [0.1, 0.15) is 49.2 Å². The van der Waals surface area contributed by atoms with Gasteiger partial charge in [0.25, 0.3) is 0 Å². The Morgan fingerprint density at radius 3 is 2.60 bits per heavy atom. The van der Waals surface area contributed by atoms with Gasteiger partial charge < -0.3 is 16.2 Å². The molecule has 5 nitrogen and oxygen atoms in total. The zero-order chi connectivity index (χ0) is 21.3. The van der Waals surface area contributed by atoms with Gasteiger partial charge in [-0.1, -0.05) is 29.8 Å². The van der Waals surface area contributed by atoms with E-state index < -0.39 is 0 Å². The highest BCUT2D eigenvalue weighted by Crippen LogP contribution is 2.38. The Hall–Kier alpha value is -2.47. The summed E-state index contributed by atoms with van der Waals surface area (Å²) in [4.78, 5) is 9.68. The quantitative estimate of drug-likeness (QED) is 0.632. The second-order valence-corrected chi connectivity index (χ2v) is 8.84. The zero-order valence-corrected chi connectivity index (χ0v) is 18.1. The Morgan fingerprint density at radius 2 is 1.90 bits per heavy atom. The van der Waals surface area contributed by atoms with Gasteiger partial charge >= 0.3 is 0 Å². The first-order valence-electron chi connectivity index (χ1n) is 10.2. The molecule has 0 saturated heterocycles. The van der Waals surface area contributed by atoms with Crippen molar-refractivity contribution in [1.29, 1.82) is 0 Å². The molecule has 4 N–H and O–H groups in total. The molecule has 0 spiro atoms. The van der Waals surface area contributed by atoms with Crippen molar-refractivity contribution in [2.45, 2.75) is 43.7 Å². The van der Waals surface area contributed by atoms with E-state index in [0.717, 1.165) is 47.2 Å². The molecule has 1 saturated carbocycles. The van der Waals surface area contributed by atoms with Crippen LogP contribution in [0.15, 0.2) is 42.5 Å². The minimum absolute atomic E-state index is 0.0499. The summed E-state index contributed by atoms with van der Waals surface area (Å²) in [6.45, 7) is 2.07. The third-order valence-electron chi connectivity index (χ3n) is 5.84. The molecule has 4 rings (SSSR count). The van der Waals surface area contributed by atoms with Crippen molar-refractivity contribution in [2.24, 2.45) is 11.5 Å². The van der Waals surface area contributed by atoms with Gasteiger partial charge in [-0.25, -0.2) is 9.97 Å². The molecular formula is C24H27ClN4O. The summed E-state index contributed by atoms with van der Waals surface area (Å²) in [5.41, 5.74) is 15.6. The summed E-state index contributed by atoms with van der Waals surface area (Å²) in [5.74, 6) is 1.57. The van der Waals surface area contributed by atoms with Crippen LogP contribution < -0.4 is 16.2 Å². The van der Waals surface area contributed by atoms with Gasteiger partial charge in [0, 0.05) is 27.9 Å². The molecule has 3 aromatic rings. The van der Waals surface area contributed by atoms with Crippen LogP contribution in [0.4, 0.5) is 0 Å². The SMILES string of the molecule is COc1ccc2nc(/C=C\c3ccc(Cl)cc3)nc(C3CCC(C)(N)CC3N)c2c1. The molecule has 2 aromatic carbocycles. The van der Waals surface area contributed by atoms with E-state index in [1.54, 1.807) is 7.11 Å². The minimum Gasteiger partial charge on any atom is -0.497 e. The first-order valence-corrected chi connectivity index (χ1v) is 10.6. The minimum atomic E-state index is -0.228. The molecule has 0 radical (unpaired) electrons. The van der Waals surface area contributed by atoms with Crippen LogP contribution in [-0.4, -0.2) is 28.7 Å². The van der Waals surface area contributed by atoms with Gasteiger partial charge in [-0.3, -0.25) is 0 Å². The van der Waals surface area contributed by atoms with E-state index in [2.05, 4.69) is 6.92 Å². The van der Waals surface area contributed by atoms with E-state index in [1.807, 2.05) is 54.6 Å². The molecule has 30 heavy (non-hydrogen) atoms. The first-order chi connectivity index (χ1) is 14.3. The van der Waals surface area contributed by atoms with Crippen molar-refractivity contribution >= 4 is 34.7 Å². The predicted molar refractivity (Wildman–Crippen MR) is 124 cm³/mol. The van der Waals surface area contributed by atoms with Crippen LogP contribution in [0.2, 0.25) is 5.02 Å².